The molecule has 0 bridgehead atoms. The van der Waals surface area contributed by atoms with Crippen molar-refractivity contribution in [2.45, 2.75) is 96.9 Å². The molecule has 4 saturated carbocycles. The van der Waals surface area contributed by atoms with Crippen LogP contribution in [0.3, 0.4) is 0 Å². The van der Waals surface area contributed by atoms with Crippen LogP contribution in [0.25, 0.3) is 0 Å². The Balaban J connectivity index is 1.58. The van der Waals surface area contributed by atoms with E-state index in [4.69, 9.17) is 5.84 Å². The Morgan fingerprint density at radius 3 is 2.53 bits per heavy atom. The average molecular weight is 423 g/mol. The lowest BCUT2D eigenvalue weighted by Gasteiger charge is -2.63. The van der Waals surface area contributed by atoms with E-state index in [2.05, 4.69) is 26.2 Å². The summed E-state index contributed by atoms with van der Waals surface area (Å²) in [5.74, 6) is 7.03. The molecular weight excluding hydrogens is 380 g/mol. The topological polar surface area (TPSA) is 116 Å². The van der Waals surface area contributed by atoms with Gasteiger partial charge in [-0.3, -0.25) is 10.2 Å². The number of hydrazine groups is 1. The minimum absolute atomic E-state index is 0.106. The van der Waals surface area contributed by atoms with Crippen LogP contribution in [0.15, 0.2) is 0 Å². The SMILES string of the molecule is C[C@@H](CCC(=O)NN)[C@H]1CC[C@H]2[C@@H]3[C@H](O)C[C@H]4C[C@@H](O)CC[C@]4(C)[C@H]3C[C@H](O)[C@]12C. The second-order valence-electron chi connectivity index (χ2n) is 11.6. The first kappa shape index (κ1) is 22.5. The quantitative estimate of drug-likeness (QED) is 0.271. The molecule has 0 aromatic rings. The number of hydrogen-bond donors (Lipinski definition) is 5. The zero-order valence-corrected chi connectivity index (χ0v) is 18.9. The van der Waals surface area contributed by atoms with Gasteiger partial charge in [0.1, 0.15) is 0 Å². The van der Waals surface area contributed by atoms with Crippen LogP contribution in [-0.4, -0.2) is 39.5 Å². The molecular formula is C24H42N2O4. The van der Waals surface area contributed by atoms with Crippen molar-refractivity contribution in [1.82, 2.24) is 5.43 Å². The molecule has 4 rings (SSSR count). The number of nitrogens with two attached hydrogens (primary N) is 1. The molecule has 1 amide bonds. The summed E-state index contributed by atoms with van der Waals surface area (Å²) in [6.07, 6.45) is 6.50. The van der Waals surface area contributed by atoms with Crippen molar-refractivity contribution in [2.75, 3.05) is 0 Å². The molecule has 4 aliphatic rings. The number of rotatable bonds is 4. The Morgan fingerprint density at radius 2 is 1.83 bits per heavy atom. The van der Waals surface area contributed by atoms with Gasteiger partial charge in [-0.1, -0.05) is 20.8 Å². The molecule has 4 fully saturated rings. The highest BCUT2D eigenvalue weighted by atomic mass is 16.3. The number of aliphatic hydroxyl groups is 3. The molecule has 0 aromatic carbocycles. The second kappa shape index (κ2) is 8.02. The molecule has 172 valence electrons. The maximum absolute atomic E-state index is 11.6. The normalized spacial score (nSPS) is 51.4. The maximum Gasteiger partial charge on any atom is 0.233 e. The van der Waals surface area contributed by atoms with Crippen LogP contribution < -0.4 is 11.3 Å². The fraction of sp³-hybridized carbons (Fsp3) is 0.958. The fourth-order valence-electron chi connectivity index (χ4n) is 8.76. The number of amides is 1. The summed E-state index contributed by atoms with van der Waals surface area (Å²) in [6.45, 7) is 6.82. The van der Waals surface area contributed by atoms with Crippen molar-refractivity contribution in [3.8, 4) is 0 Å². The largest absolute Gasteiger partial charge is 0.393 e. The summed E-state index contributed by atoms with van der Waals surface area (Å²) in [5.41, 5.74) is 2.12. The Morgan fingerprint density at radius 1 is 1.10 bits per heavy atom. The van der Waals surface area contributed by atoms with Crippen LogP contribution in [0.2, 0.25) is 0 Å². The molecule has 0 heterocycles. The summed E-state index contributed by atoms with van der Waals surface area (Å²) in [7, 11) is 0. The lowest BCUT2D eigenvalue weighted by Crippen LogP contribution is -2.62. The maximum atomic E-state index is 11.6. The van der Waals surface area contributed by atoms with Gasteiger partial charge in [0.15, 0.2) is 0 Å². The third-order valence-corrected chi connectivity index (χ3v) is 10.5. The standard InChI is InChI=1S/C24H42N2O4/c1-13(4-7-21(30)26-25)16-5-6-17-22-18(12-20(29)24(16,17)3)23(2)9-8-15(27)10-14(23)11-19(22)28/h13-20,22,27-29H,4-12,25H2,1-3H3,(H,26,30)/t13-,14+,15-,16+,17-,18-,19+,20-,22-,23-,24+/m0/s1. The number of fused-ring (bicyclic) bond motifs is 5. The van der Waals surface area contributed by atoms with Crippen molar-refractivity contribution in [1.29, 1.82) is 0 Å². The van der Waals surface area contributed by atoms with E-state index in [0.717, 1.165) is 51.4 Å². The van der Waals surface area contributed by atoms with Gasteiger partial charge in [0.2, 0.25) is 5.91 Å². The molecule has 30 heavy (non-hydrogen) atoms. The molecule has 6 nitrogen and oxygen atoms in total. The van der Waals surface area contributed by atoms with Crippen molar-refractivity contribution in [3.63, 3.8) is 0 Å². The Kier molecular flexibility index (Phi) is 6.02. The van der Waals surface area contributed by atoms with E-state index in [0.29, 0.717) is 36.0 Å². The number of hydrogen-bond acceptors (Lipinski definition) is 5. The van der Waals surface area contributed by atoms with Gasteiger partial charge >= 0.3 is 0 Å². The molecule has 0 unspecified atom stereocenters. The number of nitrogens with one attached hydrogen (secondary N) is 1. The van der Waals surface area contributed by atoms with Gasteiger partial charge in [-0.2, -0.15) is 0 Å². The van der Waals surface area contributed by atoms with Crippen LogP contribution in [0, 0.1) is 46.3 Å². The second-order valence-corrected chi connectivity index (χ2v) is 11.6. The molecule has 4 aliphatic carbocycles. The van der Waals surface area contributed by atoms with Gasteiger partial charge in [-0.15, -0.1) is 0 Å². The zero-order valence-electron chi connectivity index (χ0n) is 18.9. The Hall–Kier alpha value is -0.690. The van der Waals surface area contributed by atoms with Gasteiger partial charge in [0.05, 0.1) is 18.3 Å². The van der Waals surface area contributed by atoms with E-state index in [1.807, 2.05) is 0 Å². The van der Waals surface area contributed by atoms with Gasteiger partial charge < -0.3 is 15.3 Å². The van der Waals surface area contributed by atoms with Crippen molar-refractivity contribution in [3.05, 3.63) is 0 Å². The summed E-state index contributed by atoms with van der Waals surface area (Å²) in [4.78, 5) is 11.6. The summed E-state index contributed by atoms with van der Waals surface area (Å²) < 4.78 is 0. The number of carbonyl (C=O) groups is 1. The monoisotopic (exact) mass is 422 g/mol. The van der Waals surface area contributed by atoms with Crippen molar-refractivity contribution in [2.24, 2.45) is 52.2 Å². The van der Waals surface area contributed by atoms with Crippen LogP contribution in [0.1, 0.15) is 78.6 Å². The minimum atomic E-state index is -0.378. The molecule has 6 N–H and O–H groups in total. The third kappa shape index (κ3) is 3.33. The minimum Gasteiger partial charge on any atom is -0.393 e. The highest BCUT2D eigenvalue weighted by Gasteiger charge is 2.65. The highest BCUT2D eigenvalue weighted by molar-refractivity contribution is 5.75. The first-order valence-electron chi connectivity index (χ1n) is 12.2. The first-order chi connectivity index (χ1) is 14.1. The highest BCUT2D eigenvalue weighted by Crippen LogP contribution is 2.68. The molecule has 11 atom stereocenters. The first-order valence-corrected chi connectivity index (χ1v) is 12.2. The predicted molar refractivity (Wildman–Crippen MR) is 115 cm³/mol. The van der Waals surface area contributed by atoms with Crippen molar-refractivity contribution >= 4 is 5.91 Å². The van der Waals surface area contributed by atoms with E-state index in [9.17, 15) is 20.1 Å². The van der Waals surface area contributed by atoms with Crippen LogP contribution in [0.4, 0.5) is 0 Å². The van der Waals surface area contributed by atoms with E-state index < -0.39 is 0 Å². The van der Waals surface area contributed by atoms with Crippen LogP contribution in [0.5, 0.6) is 0 Å². The molecule has 0 saturated heterocycles. The number of aliphatic hydroxyl groups excluding tert-OH is 3. The molecule has 0 aliphatic heterocycles. The fourth-order valence-corrected chi connectivity index (χ4v) is 8.76. The molecule has 0 aromatic heterocycles. The van der Waals surface area contributed by atoms with Gasteiger partial charge in [-0.05, 0) is 97.7 Å². The van der Waals surface area contributed by atoms with E-state index in [1.165, 1.54) is 0 Å². The van der Waals surface area contributed by atoms with Gasteiger partial charge in [-0.25, -0.2) is 5.84 Å². The molecule has 0 spiro atoms. The summed E-state index contributed by atoms with van der Waals surface area (Å²) in [6, 6.07) is 0. The van der Waals surface area contributed by atoms with E-state index in [1.54, 1.807) is 0 Å². The Bertz CT molecular complexity index is 659. The smallest absolute Gasteiger partial charge is 0.233 e. The van der Waals surface area contributed by atoms with Crippen molar-refractivity contribution < 1.29 is 20.1 Å². The lowest BCUT2D eigenvalue weighted by molar-refractivity contribution is -0.207. The average Bonchev–Trinajstić information content (AvgIpc) is 3.06. The summed E-state index contributed by atoms with van der Waals surface area (Å²) in [5, 5.41) is 33.1. The molecule has 0 radical (unpaired) electrons. The lowest BCUT2D eigenvalue weighted by atomic mass is 9.43. The Labute approximate surface area is 181 Å². The van der Waals surface area contributed by atoms with Crippen LogP contribution >= 0.6 is 0 Å². The van der Waals surface area contributed by atoms with Gasteiger partial charge in [0, 0.05) is 6.42 Å². The third-order valence-electron chi connectivity index (χ3n) is 10.5. The number of carbonyl (C=O) groups excluding carboxylic acids is 1. The summed E-state index contributed by atoms with van der Waals surface area (Å²) >= 11 is 0. The predicted octanol–water partition coefficient (Wildman–Crippen LogP) is 2.35. The van der Waals surface area contributed by atoms with Gasteiger partial charge in [0.25, 0.3) is 0 Å². The van der Waals surface area contributed by atoms with Crippen LogP contribution in [-0.2, 0) is 4.79 Å². The zero-order chi connectivity index (χ0) is 21.8. The van der Waals surface area contributed by atoms with E-state index >= 15 is 0 Å². The molecule has 6 heteroatoms. The van der Waals surface area contributed by atoms with E-state index in [-0.39, 0.29) is 41.0 Å².